The molecule has 8 heteroatoms. The molecule has 0 saturated heterocycles. The van der Waals surface area contributed by atoms with Crippen LogP contribution in [0, 0.1) is 6.92 Å². The Morgan fingerprint density at radius 1 is 1.43 bits per heavy atom. The normalized spacial score (nSPS) is 19.0. The van der Waals surface area contributed by atoms with Crippen LogP contribution >= 0.6 is 11.3 Å². The Kier molecular flexibility index (Phi) is 4.86. The van der Waals surface area contributed by atoms with Crippen LogP contribution in [0.1, 0.15) is 29.1 Å². The lowest BCUT2D eigenvalue weighted by Crippen LogP contribution is -2.42. The molecule has 0 aliphatic carbocycles. The van der Waals surface area contributed by atoms with Crippen molar-refractivity contribution in [2.24, 2.45) is 0 Å². The van der Waals surface area contributed by atoms with E-state index >= 15 is 0 Å². The third-order valence-electron chi connectivity index (χ3n) is 4.21. The molecule has 6 nitrogen and oxygen atoms in total. The molecule has 2 aromatic rings. The van der Waals surface area contributed by atoms with Crippen LogP contribution in [0.5, 0.6) is 0 Å². The monoisotopic (exact) mass is 354 g/mol. The molecule has 0 amide bonds. The van der Waals surface area contributed by atoms with Gasteiger partial charge in [-0.2, -0.15) is 5.10 Å². The average Bonchev–Trinajstić information content (AvgIpc) is 3.14. The number of nitrogens with zero attached hydrogens (tertiary/aromatic N) is 3. The lowest BCUT2D eigenvalue weighted by atomic mass is 10.1. The topological polar surface area (TPSA) is 67.2 Å². The van der Waals surface area contributed by atoms with Crippen LogP contribution < -0.4 is 4.72 Å². The number of fused-ring (bicyclic) bond motifs is 1. The van der Waals surface area contributed by atoms with Crippen molar-refractivity contribution in [1.82, 2.24) is 19.4 Å². The number of thiophene rings is 1. The maximum atomic E-state index is 11.7. The zero-order valence-corrected chi connectivity index (χ0v) is 15.0. The minimum absolute atomic E-state index is 0.0235. The van der Waals surface area contributed by atoms with Gasteiger partial charge in [0.1, 0.15) is 0 Å². The van der Waals surface area contributed by atoms with Crippen LogP contribution in [0.3, 0.4) is 0 Å². The molecule has 2 aromatic heterocycles. The van der Waals surface area contributed by atoms with E-state index in [1.807, 2.05) is 10.7 Å². The molecule has 0 radical (unpaired) electrons. The molecular formula is C15H22N4O2S2. The van der Waals surface area contributed by atoms with Gasteiger partial charge < -0.3 is 0 Å². The molecule has 0 bridgehead atoms. The van der Waals surface area contributed by atoms with E-state index in [0.717, 1.165) is 25.3 Å². The van der Waals surface area contributed by atoms with E-state index in [2.05, 4.69) is 33.1 Å². The SMILES string of the molecule is CCS(=O)(=O)NC[C@H]1CN(Cc2sccc2C)Cc2ccnn21. The van der Waals surface area contributed by atoms with Crippen molar-refractivity contribution in [3.8, 4) is 0 Å². The Labute approximate surface area is 141 Å². The second-order valence-corrected chi connectivity index (χ2v) is 8.97. The molecule has 0 aromatic carbocycles. The van der Waals surface area contributed by atoms with E-state index in [1.54, 1.807) is 24.5 Å². The largest absolute Gasteiger partial charge is 0.290 e. The van der Waals surface area contributed by atoms with E-state index in [4.69, 9.17) is 0 Å². The molecule has 3 rings (SSSR count). The van der Waals surface area contributed by atoms with Gasteiger partial charge in [0.15, 0.2) is 0 Å². The van der Waals surface area contributed by atoms with E-state index in [-0.39, 0.29) is 11.8 Å². The summed E-state index contributed by atoms with van der Waals surface area (Å²) in [4.78, 5) is 3.73. The molecule has 0 saturated carbocycles. The first-order valence-electron chi connectivity index (χ1n) is 7.73. The minimum atomic E-state index is -3.19. The molecule has 1 N–H and O–H groups in total. The smallest absolute Gasteiger partial charge is 0.211 e. The third-order valence-corrected chi connectivity index (χ3v) is 6.58. The molecule has 1 atom stereocenters. The van der Waals surface area contributed by atoms with Gasteiger partial charge in [0.2, 0.25) is 10.0 Å². The fraction of sp³-hybridized carbons (Fsp3) is 0.533. The summed E-state index contributed by atoms with van der Waals surface area (Å²) in [5.41, 5.74) is 2.45. The third kappa shape index (κ3) is 3.82. The average molecular weight is 355 g/mol. The molecule has 3 heterocycles. The quantitative estimate of drug-likeness (QED) is 0.858. The fourth-order valence-electron chi connectivity index (χ4n) is 2.83. The summed E-state index contributed by atoms with van der Waals surface area (Å²) in [5, 5.41) is 6.49. The van der Waals surface area contributed by atoms with Gasteiger partial charge in [0.25, 0.3) is 0 Å². The van der Waals surface area contributed by atoms with Gasteiger partial charge in [0.05, 0.1) is 17.5 Å². The van der Waals surface area contributed by atoms with Gasteiger partial charge in [-0.1, -0.05) is 0 Å². The second-order valence-electron chi connectivity index (χ2n) is 5.87. The summed E-state index contributed by atoms with van der Waals surface area (Å²) in [6.07, 6.45) is 1.79. The van der Waals surface area contributed by atoms with E-state index in [1.165, 1.54) is 10.4 Å². The van der Waals surface area contributed by atoms with Crippen molar-refractivity contribution >= 4 is 21.4 Å². The highest BCUT2D eigenvalue weighted by atomic mass is 32.2. The Morgan fingerprint density at radius 3 is 2.96 bits per heavy atom. The maximum absolute atomic E-state index is 11.7. The summed E-state index contributed by atoms with van der Waals surface area (Å²) in [6.45, 7) is 6.68. The van der Waals surface area contributed by atoms with E-state index in [9.17, 15) is 8.42 Å². The highest BCUT2D eigenvalue weighted by Crippen LogP contribution is 2.24. The highest BCUT2D eigenvalue weighted by molar-refractivity contribution is 7.89. The van der Waals surface area contributed by atoms with Crippen LogP contribution in [0.4, 0.5) is 0 Å². The van der Waals surface area contributed by atoms with Crippen molar-refractivity contribution in [1.29, 1.82) is 0 Å². The lowest BCUT2D eigenvalue weighted by Gasteiger charge is -2.33. The molecule has 1 aliphatic rings. The standard InChI is InChI=1S/C15H22N4O2S2/c1-3-23(20,21)17-8-14-10-18(9-13-4-6-16-19(13)14)11-15-12(2)5-7-22-15/h4-7,14,17H,3,8-11H2,1-2H3/t14-/m0/s1. The van der Waals surface area contributed by atoms with Gasteiger partial charge in [-0.15, -0.1) is 11.3 Å². The number of rotatable bonds is 6. The first-order chi connectivity index (χ1) is 11.0. The van der Waals surface area contributed by atoms with Crippen LogP contribution in [0.25, 0.3) is 0 Å². The number of sulfonamides is 1. The molecule has 23 heavy (non-hydrogen) atoms. The van der Waals surface area contributed by atoms with E-state index in [0.29, 0.717) is 6.54 Å². The van der Waals surface area contributed by atoms with Crippen LogP contribution in [-0.2, 0) is 23.1 Å². The predicted molar refractivity (Wildman–Crippen MR) is 91.9 cm³/mol. The summed E-state index contributed by atoms with van der Waals surface area (Å²) in [6, 6.07) is 4.17. The number of hydrogen-bond donors (Lipinski definition) is 1. The van der Waals surface area contributed by atoms with Crippen LogP contribution in [0.15, 0.2) is 23.7 Å². The summed E-state index contributed by atoms with van der Waals surface area (Å²) < 4.78 is 28.1. The first-order valence-corrected chi connectivity index (χ1v) is 10.3. The summed E-state index contributed by atoms with van der Waals surface area (Å²) in [5.74, 6) is 0.101. The van der Waals surface area contributed by atoms with Crippen molar-refractivity contribution in [2.75, 3.05) is 18.8 Å². The lowest BCUT2D eigenvalue weighted by molar-refractivity contribution is 0.169. The Bertz CT molecular complexity index is 766. The van der Waals surface area contributed by atoms with Crippen molar-refractivity contribution in [3.05, 3.63) is 39.8 Å². The molecule has 0 unspecified atom stereocenters. The first kappa shape index (κ1) is 16.6. The summed E-state index contributed by atoms with van der Waals surface area (Å²) in [7, 11) is -3.19. The number of aryl methyl sites for hydroxylation is 1. The van der Waals surface area contributed by atoms with Gasteiger partial charge >= 0.3 is 0 Å². The maximum Gasteiger partial charge on any atom is 0.211 e. The van der Waals surface area contributed by atoms with Crippen LogP contribution in [0.2, 0.25) is 0 Å². The van der Waals surface area contributed by atoms with Gasteiger partial charge in [0, 0.05) is 37.3 Å². The second kappa shape index (κ2) is 6.72. The van der Waals surface area contributed by atoms with Gasteiger partial charge in [-0.05, 0) is 36.9 Å². The minimum Gasteiger partial charge on any atom is -0.290 e. The number of hydrogen-bond acceptors (Lipinski definition) is 5. The highest BCUT2D eigenvalue weighted by Gasteiger charge is 2.26. The van der Waals surface area contributed by atoms with Gasteiger partial charge in [-0.25, -0.2) is 13.1 Å². The molecule has 126 valence electrons. The van der Waals surface area contributed by atoms with Crippen LogP contribution in [-0.4, -0.2) is 41.9 Å². The Balaban J connectivity index is 1.73. The Hall–Kier alpha value is -1.22. The number of nitrogens with one attached hydrogen (secondary N) is 1. The summed E-state index contributed by atoms with van der Waals surface area (Å²) >= 11 is 1.77. The molecule has 0 spiro atoms. The molecule has 0 fully saturated rings. The van der Waals surface area contributed by atoms with Crippen molar-refractivity contribution in [3.63, 3.8) is 0 Å². The van der Waals surface area contributed by atoms with E-state index < -0.39 is 10.0 Å². The Morgan fingerprint density at radius 2 is 2.26 bits per heavy atom. The fourth-order valence-corrected chi connectivity index (χ4v) is 4.43. The predicted octanol–water partition coefficient (Wildman–Crippen LogP) is 1.75. The number of aromatic nitrogens is 2. The molecule has 1 aliphatic heterocycles. The molecular weight excluding hydrogens is 332 g/mol. The van der Waals surface area contributed by atoms with Gasteiger partial charge in [-0.3, -0.25) is 9.58 Å². The zero-order chi connectivity index (χ0) is 16.4. The van der Waals surface area contributed by atoms with Crippen molar-refractivity contribution in [2.45, 2.75) is 33.0 Å². The van der Waals surface area contributed by atoms with Crippen molar-refractivity contribution < 1.29 is 8.42 Å². The zero-order valence-electron chi connectivity index (χ0n) is 13.4.